The van der Waals surface area contributed by atoms with Crippen LogP contribution in [0.4, 0.5) is 5.95 Å². The highest BCUT2D eigenvalue weighted by Crippen LogP contribution is 2.58. The summed E-state index contributed by atoms with van der Waals surface area (Å²) in [6.07, 6.45) is -3.04. The SMILES string of the molecule is Nc1nc2c(ncn2[C@@H]2O[C@H](COP(=O)(O)OP(=O)(O)O)[C@@H](CC(=O)N3CCOCC3)[C@H]2O)c(=O)[nH]1. The minimum Gasteiger partial charge on any atom is -0.388 e. The van der Waals surface area contributed by atoms with Crippen molar-refractivity contribution in [2.24, 2.45) is 5.92 Å². The quantitative estimate of drug-likeness (QED) is 0.194. The highest BCUT2D eigenvalue weighted by molar-refractivity contribution is 7.60. The molecule has 1 amide bonds. The first-order valence-corrected chi connectivity index (χ1v) is 13.5. The van der Waals surface area contributed by atoms with Gasteiger partial charge in [-0.05, 0) is 0 Å². The lowest BCUT2D eigenvalue weighted by atomic mass is 9.93. The van der Waals surface area contributed by atoms with Crippen LogP contribution in [0.15, 0.2) is 11.1 Å². The lowest BCUT2D eigenvalue weighted by Crippen LogP contribution is -2.43. The minimum atomic E-state index is -5.37. The average Bonchev–Trinajstić information content (AvgIpc) is 3.33. The van der Waals surface area contributed by atoms with Crippen LogP contribution < -0.4 is 11.3 Å². The molecule has 5 atom stereocenters. The van der Waals surface area contributed by atoms with E-state index >= 15 is 0 Å². The molecule has 2 aromatic heterocycles. The number of carbonyl (C=O) groups excluding carboxylic acids is 1. The first-order chi connectivity index (χ1) is 16.8. The van der Waals surface area contributed by atoms with E-state index in [-0.39, 0.29) is 29.4 Å². The van der Waals surface area contributed by atoms with Crippen molar-refractivity contribution in [3.63, 3.8) is 0 Å². The Bertz CT molecular complexity index is 1270. The molecular weight excluding hydrogens is 530 g/mol. The number of carbonyl (C=O) groups is 1. The third kappa shape index (κ3) is 6.00. The van der Waals surface area contributed by atoms with Crippen LogP contribution in [-0.2, 0) is 32.2 Å². The minimum absolute atomic E-state index is 0.0298. The van der Waals surface area contributed by atoms with E-state index in [1.54, 1.807) is 0 Å². The van der Waals surface area contributed by atoms with Gasteiger partial charge in [0.25, 0.3) is 5.56 Å². The van der Waals surface area contributed by atoms with Gasteiger partial charge in [-0.25, -0.2) is 14.1 Å². The number of nitrogens with zero attached hydrogens (tertiary/aromatic N) is 4. The zero-order chi connectivity index (χ0) is 26.3. The molecule has 0 aliphatic carbocycles. The lowest BCUT2D eigenvalue weighted by Gasteiger charge is -2.29. The zero-order valence-corrected chi connectivity index (χ0v) is 20.2. The number of H-pyrrole nitrogens is 1. The number of aromatic nitrogens is 4. The van der Waals surface area contributed by atoms with Crippen molar-refractivity contribution in [1.82, 2.24) is 24.4 Å². The number of phosphoric ester groups is 1. The number of aromatic amines is 1. The summed E-state index contributed by atoms with van der Waals surface area (Å²) in [6, 6.07) is 0. The average molecular weight is 554 g/mol. The summed E-state index contributed by atoms with van der Waals surface area (Å²) in [7, 11) is -10.6. The number of hydrogen-bond donors (Lipinski definition) is 6. The highest BCUT2D eigenvalue weighted by Gasteiger charge is 2.48. The molecule has 4 rings (SSSR count). The Morgan fingerprint density at radius 1 is 1.28 bits per heavy atom. The number of imidazole rings is 1. The van der Waals surface area contributed by atoms with Gasteiger partial charge in [-0.2, -0.15) is 9.29 Å². The van der Waals surface area contributed by atoms with E-state index in [0.29, 0.717) is 26.3 Å². The molecule has 200 valence electrons. The number of nitrogens with one attached hydrogen (secondary N) is 1. The Labute approximate surface area is 201 Å². The van der Waals surface area contributed by atoms with Gasteiger partial charge in [-0.3, -0.25) is 23.7 Å². The van der Waals surface area contributed by atoms with E-state index in [4.69, 9.17) is 25.0 Å². The van der Waals surface area contributed by atoms with Crippen molar-refractivity contribution in [3.8, 4) is 0 Å². The summed E-state index contributed by atoms with van der Waals surface area (Å²) in [4.78, 5) is 64.0. The standard InChI is InChI=1S/C16H24N6O12P2/c17-16-19-13-11(14(25)20-16)18-7-22(13)15-12(24)8(5-10(23)21-1-3-31-4-2-21)9(33-15)6-32-36(29,30)34-35(26,27)28/h7-9,12,15,24H,1-6H2,(H,29,30)(H2,26,27,28)(H3,17,19,20,25)/t8-,9-,12-,15-/m1/s1. The summed E-state index contributed by atoms with van der Waals surface area (Å²) in [5, 5.41) is 11.1. The molecule has 0 saturated carbocycles. The van der Waals surface area contributed by atoms with Crippen LogP contribution in [0.2, 0.25) is 0 Å². The number of anilines is 1. The number of phosphoric acid groups is 2. The second-order valence-electron chi connectivity index (χ2n) is 8.03. The highest BCUT2D eigenvalue weighted by atomic mass is 31.3. The van der Waals surface area contributed by atoms with E-state index in [1.165, 1.54) is 9.47 Å². The van der Waals surface area contributed by atoms with Gasteiger partial charge in [-0.1, -0.05) is 0 Å². The van der Waals surface area contributed by atoms with Gasteiger partial charge < -0.3 is 39.9 Å². The first-order valence-electron chi connectivity index (χ1n) is 10.5. The fraction of sp³-hybridized carbons (Fsp3) is 0.625. The summed E-state index contributed by atoms with van der Waals surface area (Å²) in [5.74, 6) is -1.60. The zero-order valence-electron chi connectivity index (χ0n) is 18.4. The Morgan fingerprint density at radius 2 is 1.97 bits per heavy atom. The second kappa shape index (κ2) is 10.3. The van der Waals surface area contributed by atoms with Gasteiger partial charge in [0.05, 0.1) is 32.3 Å². The molecule has 2 aliphatic heterocycles. The number of fused-ring (bicyclic) bond motifs is 1. The molecule has 4 heterocycles. The summed E-state index contributed by atoms with van der Waals surface area (Å²) >= 11 is 0. The molecular formula is C16H24N6O12P2. The largest absolute Gasteiger partial charge is 0.481 e. The Hall–Kier alpha value is -2.24. The van der Waals surface area contributed by atoms with Crippen LogP contribution >= 0.6 is 15.6 Å². The number of hydrogen-bond acceptors (Lipinski definition) is 12. The number of aliphatic hydroxyl groups is 1. The van der Waals surface area contributed by atoms with Crippen molar-refractivity contribution in [1.29, 1.82) is 0 Å². The van der Waals surface area contributed by atoms with Crippen molar-refractivity contribution >= 4 is 38.7 Å². The number of amides is 1. The maximum Gasteiger partial charge on any atom is 0.481 e. The predicted octanol–water partition coefficient (Wildman–Crippen LogP) is -1.95. The normalized spacial score (nSPS) is 26.8. The Morgan fingerprint density at radius 3 is 2.64 bits per heavy atom. The van der Waals surface area contributed by atoms with Gasteiger partial charge in [0.2, 0.25) is 11.9 Å². The van der Waals surface area contributed by atoms with E-state index < -0.39 is 52.2 Å². The maximum absolute atomic E-state index is 12.9. The molecule has 1 unspecified atom stereocenters. The van der Waals surface area contributed by atoms with Gasteiger partial charge in [0.1, 0.15) is 6.10 Å². The summed E-state index contributed by atoms with van der Waals surface area (Å²) in [6.45, 7) is 0.535. The van der Waals surface area contributed by atoms with Crippen LogP contribution in [0, 0.1) is 5.92 Å². The van der Waals surface area contributed by atoms with Crippen molar-refractivity contribution < 1.29 is 52.0 Å². The summed E-state index contributed by atoms with van der Waals surface area (Å²) in [5.41, 5.74) is 4.84. The molecule has 0 aromatic carbocycles. The number of nitrogens with two attached hydrogens (primary N) is 1. The predicted molar refractivity (Wildman–Crippen MR) is 117 cm³/mol. The van der Waals surface area contributed by atoms with Crippen molar-refractivity contribution in [2.75, 3.05) is 38.6 Å². The molecule has 0 bridgehead atoms. The molecule has 2 saturated heterocycles. The van der Waals surface area contributed by atoms with Gasteiger partial charge in [-0.15, -0.1) is 0 Å². The molecule has 0 radical (unpaired) electrons. The van der Waals surface area contributed by atoms with Crippen LogP contribution in [0.25, 0.3) is 11.2 Å². The molecule has 2 aromatic rings. The van der Waals surface area contributed by atoms with E-state index in [2.05, 4.69) is 23.8 Å². The number of morpholine rings is 1. The first kappa shape index (κ1) is 26.8. The number of aliphatic hydroxyl groups excluding tert-OH is 1. The second-order valence-corrected chi connectivity index (χ2v) is 10.9. The van der Waals surface area contributed by atoms with Crippen molar-refractivity contribution in [2.45, 2.75) is 24.9 Å². The molecule has 7 N–H and O–H groups in total. The Balaban J connectivity index is 1.60. The van der Waals surface area contributed by atoms with Crippen LogP contribution in [0.3, 0.4) is 0 Å². The van der Waals surface area contributed by atoms with Crippen LogP contribution in [0.1, 0.15) is 12.6 Å². The van der Waals surface area contributed by atoms with Gasteiger partial charge >= 0.3 is 15.6 Å². The van der Waals surface area contributed by atoms with Crippen molar-refractivity contribution in [3.05, 3.63) is 16.7 Å². The molecule has 20 heteroatoms. The monoisotopic (exact) mass is 554 g/mol. The third-order valence-corrected chi connectivity index (χ3v) is 7.78. The van der Waals surface area contributed by atoms with E-state index in [1.807, 2.05) is 0 Å². The molecule has 36 heavy (non-hydrogen) atoms. The van der Waals surface area contributed by atoms with Gasteiger partial charge in [0, 0.05) is 25.4 Å². The molecule has 18 nitrogen and oxygen atoms in total. The fourth-order valence-electron chi connectivity index (χ4n) is 4.04. The van der Waals surface area contributed by atoms with Crippen LogP contribution in [0.5, 0.6) is 0 Å². The lowest BCUT2D eigenvalue weighted by molar-refractivity contribution is -0.137. The smallest absolute Gasteiger partial charge is 0.388 e. The summed E-state index contributed by atoms with van der Waals surface area (Å²) < 4.78 is 43.6. The maximum atomic E-state index is 12.9. The third-order valence-electron chi connectivity index (χ3n) is 5.63. The van der Waals surface area contributed by atoms with E-state index in [9.17, 15) is 28.7 Å². The van der Waals surface area contributed by atoms with E-state index in [0.717, 1.165) is 6.33 Å². The number of rotatable bonds is 8. The molecule has 2 aliphatic rings. The number of nitrogen functional groups attached to an aromatic ring is 1. The van der Waals surface area contributed by atoms with Gasteiger partial charge in [0.15, 0.2) is 17.4 Å². The number of ether oxygens (including phenoxy) is 2. The van der Waals surface area contributed by atoms with Crippen LogP contribution in [-0.4, -0.2) is 95.2 Å². The Kier molecular flexibility index (Phi) is 7.64. The topological polar surface area (TPSA) is 262 Å². The molecule has 2 fully saturated rings. The fourth-order valence-corrected chi connectivity index (χ4v) is 5.63. The molecule has 0 spiro atoms.